The van der Waals surface area contributed by atoms with E-state index in [1.165, 1.54) is 0 Å². The van der Waals surface area contributed by atoms with Gasteiger partial charge in [0.2, 0.25) is 0 Å². The van der Waals surface area contributed by atoms with Crippen LogP contribution in [0.5, 0.6) is 5.75 Å². The molecule has 2 N–H and O–H groups in total. The Balaban J connectivity index is 2.66. The summed E-state index contributed by atoms with van der Waals surface area (Å²) in [5.41, 5.74) is 8.31. The normalized spacial score (nSPS) is 10.3. The molecule has 0 bridgehead atoms. The van der Waals surface area contributed by atoms with Crippen molar-refractivity contribution >= 4 is 17.4 Å². The van der Waals surface area contributed by atoms with Gasteiger partial charge in [0.1, 0.15) is 11.6 Å². The number of hydrogen-bond donors (Lipinski definition) is 1. The van der Waals surface area contributed by atoms with Gasteiger partial charge < -0.3 is 10.5 Å². The van der Waals surface area contributed by atoms with Crippen LogP contribution in [-0.4, -0.2) is 17.3 Å². The van der Waals surface area contributed by atoms with E-state index in [2.05, 4.69) is 10.2 Å². The Labute approximate surface area is 104 Å². The number of nitrogen functional groups attached to an aromatic ring is 1. The molecular formula is C12H12ClN3O. The minimum Gasteiger partial charge on any atom is -0.496 e. The molecule has 2 aromatic rings. The maximum absolute atomic E-state index is 6.03. The highest BCUT2D eigenvalue weighted by Crippen LogP contribution is 2.34. The number of nitrogens with zero attached hydrogens (tertiary/aromatic N) is 2. The third-order valence-electron chi connectivity index (χ3n) is 2.41. The lowest BCUT2D eigenvalue weighted by Crippen LogP contribution is -1.96. The van der Waals surface area contributed by atoms with E-state index in [-0.39, 0.29) is 0 Å². The predicted octanol–water partition coefficient (Wildman–Crippen LogP) is 2.70. The number of methoxy groups -OCH3 is 1. The van der Waals surface area contributed by atoms with Crippen LogP contribution in [0.25, 0.3) is 11.1 Å². The van der Waals surface area contributed by atoms with Crippen molar-refractivity contribution in [3.63, 3.8) is 0 Å². The molecule has 0 spiro atoms. The molecule has 1 heterocycles. The van der Waals surface area contributed by atoms with E-state index in [0.29, 0.717) is 11.0 Å². The van der Waals surface area contributed by atoms with Gasteiger partial charge in [0.25, 0.3) is 0 Å². The number of rotatable bonds is 2. The number of aryl methyl sites for hydroxylation is 1. The van der Waals surface area contributed by atoms with Crippen LogP contribution in [-0.2, 0) is 0 Å². The van der Waals surface area contributed by atoms with Gasteiger partial charge in [0.05, 0.1) is 7.11 Å². The number of benzene rings is 1. The third kappa shape index (κ3) is 2.31. The third-order valence-corrected chi connectivity index (χ3v) is 2.69. The van der Waals surface area contributed by atoms with Gasteiger partial charge in [0.15, 0.2) is 5.15 Å². The van der Waals surface area contributed by atoms with Crippen LogP contribution >= 0.6 is 11.6 Å². The van der Waals surface area contributed by atoms with Crippen molar-refractivity contribution in [3.05, 3.63) is 35.0 Å². The average molecular weight is 250 g/mol. The van der Waals surface area contributed by atoms with Gasteiger partial charge in [-0.05, 0) is 25.1 Å². The first-order valence-electron chi connectivity index (χ1n) is 5.05. The lowest BCUT2D eigenvalue weighted by Gasteiger charge is -2.10. The zero-order valence-electron chi connectivity index (χ0n) is 9.57. The minimum atomic E-state index is 0.308. The molecule has 0 saturated heterocycles. The number of aromatic nitrogens is 2. The molecule has 0 radical (unpaired) electrons. The Bertz CT molecular complexity index is 557. The summed E-state index contributed by atoms with van der Waals surface area (Å²) in [6, 6.07) is 7.51. The molecule has 1 aromatic heterocycles. The lowest BCUT2D eigenvalue weighted by molar-refractivity contribution is 0.416. The fourth-order valence-electron chi connectivity index (χ4n) is 1.61. The molecule has 0 aliphatic rings. The summed E-state index contributed by atoms with van der Waals surface area (Å²) in [5.74, 6) is 1.05. The van der Waals surface area contributed by atoms with Crippen molar-refractivity contribution in [3.8, 4) is 16.9 Å². The van der Waals surface area contributed by atoms with Crippen molar-refractivity contribution in [1.82, 2.24) is 10.2 Å². The van der Waals surface area contributed by atoms with Crippen LogP contribution in [0.15, 0.2) is 24.3 Å². The van der Waals surface area contributed by atoms with E-state index < -0.39 is 0 Å². The van der Waals surface area contributed by atoms with Crippen molar-refractivity contribution in [2.75, 3.05) is 12.8 Å². The summed E-state index contributed by atoms with van der Waals surface area (Å²) in [6.07, 6.45) is 0. The van der Waals surface area contributed by atoms with Crippen molar-refractivity contribution in [2.24, 2.45) is 0 Å². The maximum Gasteiger partial charge on any atom is 0.159 e. The standard InChI is InChI=1S/C12H12ClN3O/c1-7-3-4-10(17-2)8(5-7)9-6-11(14)15-16-12(9)13/h3-6H,1-2H3,(H2,14,15). The Morgan fingerprint density at radius 2 is 1.94 bits per heavy atom. The molecule has 5 heteroatoms. The highest BCUT2D eigenvalue weighted by molar-refractivity contribution is 6.32. The largest absolute Gasteiger partial charge is 0.496 e. The number of anilines is 1. The summed E-state index contributed by atoms with van der Waals surface area (Å²) in [6.45, 7) is 1.99. The molecule has 88 valence electrons. The topological polar surface area (TPSA) is 61.0 Å². The highest BCUT2D eigenvalue weighted by atomic mass is 35.5. The number of ether oxygens (including phenoxy) is 1. The molecule has 17 heavy (non-hydrogen) atoms. The molecule has 0 aliphatic heterocycles. The van der Waals surface area contributed by atoms with E-state index in [9.17, 15) is 0 Å². The van der Waals surface area contributed by atoms with E-state index in [1.54, 1.807) is 13.2 Å². The predicted molar refractivity (Wildman–Crippen MR) is 68.2 cm³/mol. The summed E-state index contributed by atoms with van der Waals surface area (Å²) in [4.78, 5) is 0. The molecule has 0 aliphatic carbocycles. The molecule has 2 rings (SSSR count). The van der Waals surface area contributed by atoms with Gasteiger partial charge in [-0.15, -0.1) is 10.2 Å². The Hall–Kier alpha value is -1.81. The van der Waals surface area contributed by atoms with Gasteiger partial charge >= 0.3 is 0 Å². The zero-order valence-corrected chi connectivity index (χ0v) is 10.3. The van der Waals surface area contributed by atoms with Crippen molar-refractivity contribution in [1.29, 1.82) is 0 Å². The second kappa shape index (κ2) is 4.59. The van der Waals surface area contributed by atoms with Crippen LogP contribution < -0.4 is 10.5 Å². The van der Waals surface area contributed by atoms with Crippen molar-refractivity contribution < 1.29 is 4.74 Å². The fourth-order valence-corrected chi connectivity index (χ4v) is 1.81. The second-order valence-electron chi connectivity index (χ2n) is 3.68. The summed E-state index contributed by atoms with van der Waals surface area (Å²) >= 11 is 6.03. The van der Waals surface area contributed by atoms with E-state index in [0.717, 1.165) is 22.4 Å². The van der Waals surface area contributed by atoms with Crippen LogP contribution in [0.4, 0.5) is 5.82 Å². The number of nitrogens with two attached hydrogens (primary N) is 1. The average Bonchev–Trinajstić information content (AvgIpc) is 2.32. The van der Waals surface area contributed by atoms with Gasteiger partial charge in [-0.3, -0.25) is 0 Å². The molecule has 4 nitrogen and oxygen atoms in total. The van der Waals surface area contributed by atoms with Crippen molar-refractivity contribution in [2.45, 2.75) is 6.92 Å². The quantitative estimate of drug-likeness (QED) is 0.889. The zero-order chi connectivity index (χ0) is 12.4. The first-order valence-corrected chi connectivity index (χ1v) is 5.43. The van der Waals surface area contributed by atoms with Gasteiger partial charge in [-0.1, -0.05) is 23.2 Å². The highest BCUT2D eigenvalue weighted by Gasteiger charge is 2.11. The minimum absolute atomic E-state index is 0.308. The molecule has 0 fully saturated rings. The molecule has 0 saturated carbocycles. The van der Waals surface area contributed by atoms with E-state index in [1.807, 2.05) is 25.1 Å². The SMILES string of the molecule is COc1ccc(C)cc1-c1cc(N)nnc1Cl. The van der Waals surface area contributed by atoms with Crippen LogP contribution in [0, 0.1) is 6.92 Å². The lowest BCUT2D eigenvalue weighted by atomic mass is 10.0. The molecule has 0 atom stereocenters. The molecule has 1 aromatic carbocycles. The number of halogens is 1. The van der Waals surface area contributed by atoms with Crippen LogP contribution in [0.2, 0.25) is 5.15 Å². The first-order chi connectivity index (χ1) is 8.11. The van der Waals surface area contributed by atoms with Crippen LogP contribution in [0.1, 0.15) is 5.56 Å². The summed E-state index contributed by atoms with van der Waals surface area (Å²) in [7, 11) is 1.61. The van der Waals surface area contributed by atoms with Gasteiger partial charge in [-0.25, -0.2) is 0 Å². The number of hydrogen-bond acceptors (Lipinski definition) is 4. The fraction of sp³-hybridized carbons (Fsp3) is 0.167. The first kappa shape index (κ1) is 11.7. The summed E-state index contributed by atoms with van der Waals surface area (Å²) < 4.78 is 5.30. The van der Waals surface area contributed by atoms with Crippen LogP contribution in [0.3, 0.4) is 0 Å². The molecule has 0 unspecified atom stereocenters. The van der Waals surface area contributed by atoms with Gasteiger partial charge in [0, 0.05) is 11.1 Å². The second-order valence-corrected chi connectivity index (χ2v) is 4.04. The monoisotopic (exact) mass is 249 g/mol. The Morgan fingerprint density at radius 1 is 1.18 bits per heavy atom. The van der Waals surface area contributed by atoms with Gasteiger partial charge in [-0.2, -0.15) is 0 Å². The Morgan fingerprint density at radius 3 is 2.65 bits per heavy atom. The molecule has 0 amide bonds. The van der Waals surface area contributed by atoms with E-state index >= 15 is 0 Å². The smallest absolute Gasteiger partial charge is 0.159 e. The maximum atomic E-state index is 6.03. The van der Waals surface area contributed by atoms with E-state index in [4.69, 9.17) is 22.1 Å². The summed E-state index contributed by atoms with van der Waals surface area (Å²) in [5, 5.41) is 7.80. The Kier molecular flexibility index (Phi) is 3.15. The molecular weight excluding hydrogens is 238 g/mol.